The molecule has 1 aromatic carbocycles. The fourth-order valence-corrected chi connectivity index (χ4v) is 1.17. The fraction of sp³-hybridized carbons (Fsp3) is 0.250. The summed E-state index contributed by atoms with van der Waals surface area (Å²) in [4.78, 5) is 10.8. The first-order valence-electron chi connectivity index (χ1n) is 4.72. The van der Waals surface area contributed by atoms with Crippen molar-refractivity contribution in [2.45, 2.75) is 12.8 Å². The van der Waals surface area contributed by atoms with Crippen molar-refractivity contribution in [1.29, 1.82) is 0 Å². The second kappa shape index (κ2) is 5.86. The quantitative estimate of drug-likeness (QED) is 0.605. The number of ether oxygens (including phenoxy) is 1. The van der Waals surface area contributed by atoms with Gasteiger partial charge in [0, 0.05) is 0 Å². The Hall–Kier alpha value is -1.77. The second-order valence-corrected chi connectivity index (χ2v) is 3.13. The third kappa shape index (κ3) is 4.31. The third-order valence-electron chi connectivity index (χ3n) is 1.94. The number of allylic oxidation sites excluding steroid dienone is 1. The topological polar surface area (TPSA) is 46.5 Å². The minimum absolute atomic E-state index is 0.248. The van der Waals surface area contributed by atoms with Crippen LogP contribution in [-0.2, 0) is 16.0 Å². The molecule has 0 spiro atoms. The highest BCUT2D eigenvalue weighted by Gasteiger charge is 1.94. The molecule has 3 nitrogen and oxygen atoms in total. The zero-order chi connectivity index (χ0) is 11.1. The summed E-state index contributed by atoms with van der Waals surface area (Å²) >= 11 is 0. The summed E-state index contributed by atoms with van der Waals surface area (Å²) < 4.78 is 4.49. The minimum Gasteiger partial charge on any atom is -0.508 e. The summed E-state index contributed by atoms with van der Waals surface area (Å²) in [7, 11) is 1.37. The van der Waals surface area contributed by atoms with Crippen LogP contribution in [0.2, 0.25) is 0 Å². The molecular weight excluding hydrogens is 192 g/mol. The summed E-state index contributed by atoms with van der Waals surface area (Å²) in [6, 6.07) is 7.03. The van der Waals surface area contributed by atoms with Crippen LogP contribution in [0.25, 0.3) is 0 Å². The van der Waals surface area contributed by atoms with Gasteiger partial charge in [-0.05, 0) is 24.1 Å². The summed E-state index contributed by atoms with van der Waals surface area (Å²) in [6.45, 7) is 0. The highest BCUT2D eigenvalue weighted by molar-refractivity contribution is 5.70. The molecule has 0 saturated carbocycles. The number of hydrogen-bond acceptors (Lipinski definition) is 3. The molecule has 0 atom stereocenters. The summed E-state index contributed by atoms with van der Waals surface area (Å²) in [5, 5.41) is 9.20. The van der Waals surface area contributed by atoms with E-state index >= 15 is 0 Å². The molecule has 0 bridgehead atoms. The van der Waals surface area contributed by atoms with Gasteiger partial charge >= 0.3 is 5.97 Å². The molecule has 0 aliphatic carbocycles. The number of phenols is 1. The van der Waals surface area contributed by atoms with Crippen molar-refractivity contribution >= 4 is 5.97 Å². The minimum atomic E-state index is -0.248. The van der Waals surface area contributed by atoms with E-state index in [0.717, 1.165) is 5.56 Å². The van der Waals surface area contributed by atoms with Gasteiger partial charge in [0.1, 0.15) is 5.75 Å². The van der Waals surface area contributed by atoms with Gasteiger partial charge in [-0.2, -0.15) is 0 Å². The molecule has 0 unspecified atom stereocenters. The molecule has 1 rings (SSSR count). The van der Waals surface area contributed by atoms with E-state index in [1.54, 1.807) is 24.3 Å². The number of hydrogen-bond donors (Lipinski definition) is 1. The molecule has 0 fully saturated rings. The predicted molar refractivity (Wildman–Crippen MR) is 57.6 cm³/mol. The lowest BCUT2D eigenvalue weighted by Crippen LogP contribution is -1.96. The van der Waals surface area contributed by atoms with E-state index in [1.165, 1.54) is 7.11 Å². The first kappa shape index (κ1) is 11.3. The summed E-state index contributed by atoms with van der Waals surface area (Å²) in [5.41, 5.74) is 1.01. The Bertz CT molecular complexity index is 356. The molecule has 0 amide bonds. The fourth-order valence-electron chi connectivity index (χ4n) is 1.17. The Kier molecular flexibility index (Phi) is 4.41. The van der Waals surface area contributed by atoms with Crippen molar-refractivity contribution in [2.75, 3.05) is 7.11 Å². The van der Waals surface area contributed by atoms with Crippen LogP contribution in [0, 0.1) is 0 Å². The van der Waals surface area contributed by atoms with E-state index in [9.17, 15) is 9.90 Å². The number of carbonyl (C=O) groups excluding carboxylic acids is 1. The van der Waals surface area contributed by atoms with Crippen molar-refractivity contribution < 1.29 is 14.6 Å². The second-order valence-electron chi connectivity index (χ2n) is 3.13. The summed E-state index contributed by atoms with van der Waals surface area (Å²) in [5.74, 6) is 0.0102. The third-order valence-corrected chi connectivity index (χ3v) is 1.94. The molecule has 0 radical (unpaired) electrons. The Labute approximate surface area is 89.0 Å². The highest BCUT2D eigenvalue weighted by atomic mass is 16.5. The van der Waals surface area contributed by atoms with Crippen LogP contribution >= 0.6 is 0 Å². The van der Waals surface area contributed by atoms with Gasteiger partial charge in [-0.15, -0.1) is 0 Å². The number of aromatic hydroxyl groups is 1. The van der Waals surface area contributed by atoms with Crippen LogP contribution in [-0.4, -0.2) is 18.2 Å². The lowest BCUT2D eigenvalue weighted by atomic mass is 10.1. The zero-order valence-corrected chi connectivity index (χ0v) is 8.64. The van der Waals surface area contributed by atoms with Crippen LogP contribution < -0.4 is 0 Å². The first-order valence-corrected chi connectivity index (χ1v) is 4.72. The molecule has 0 saturated heterocycles. The van der Waals surface area contributed by atoms with Gasteiger partial charge in [0.2, 0.25) is 0 Å². The Morgan fingerprint density at radius 1 is 1.47 bits per heavy atom. The smallest absolute Gasteiger partial charge is 0.309 e. The number of benzene rings is 1. The average molecular weight is 206 g/mol. The van der Waals surface area contributed by atoms with Gasteiger partial charge in [-0.3, -0.25) is 4.79 Å². The van der Waals surface area contributed by atoms with Crippen LogP contribution in [0.5, 0.6) is 5.75 Å². The highest BCUT2D eigenvalue weighted by Crippen LogP contribution is 2.11. The molecular formula is C12H14O3. The SMILES string of the molecule is COC(=O)C/C=C\Cc1cccc(O)c1. The largest absolute Gasteiger partial charge is 0.508 e. The normalized spacial score (nSPS) is 10.5. The average Bonchev–Trinajstić information content (AvgIpc) is 2.24. The number of carbonyl (C=O) groups is 1. The maximum absolute atomic E-state index is 10.8. The number of phenolic OH excluding ortho intramolecular Hbond substituents is 1. The maximum atomic E-state index is 10.8. The number of esters is 1. The predicted octanol–water partition coefficient (Wildman–Crippen LogP) is 2.05. The van der Waals surface area contributed by atoms with Crippen molar-refractivity contribution in [3.63, 3.8) is 0 Å². The number of methoxy groups -OCH3 is 1. The summed E-state index contributed by atoms with van der Waals surface area (Å²) in [6.07, 6.45) is 4.63. The number of rotatable bonds is 4. The van der Waals surface area contributed by atoms with Gasteiger partial charge in [0.25, 0.3) is 0 Å². The van der Waals surface area contributed by atoms with Crippen LogP contribution in [0.3, 0.4) is 0 Å². The van der Waals surface area contributed by atoms with Crippen molar-refractivity contribution in [3.05, 3.63) is 42.0 Å². The van der Waals surface area contributed by atoms with Crippen molar-refractivity contribution in [3.8, 4) is 5.75 Å². The van der Waals surface area contributed by atoms with E-state index in [-0.39, 0.29) is 18.1 Å². The lowest BCUT2D eigenvalue weighted by molar-refractivity contribution is -0.139. The van der Waals surface area contributed by atoms with E-state index < -0.39 is 0 Å². The Morgan fingerprint density at radius 2 is 2.27 bits per heavy atom. The van der Waals surface area contributed by atoms with E-state index in [4.69, 9.17) is 0 Å². The molecule has 0 aliphatic rings. The lowest BCUT2D eigenvalue weighted by Gasteiger charge is -1.97. The maximum Gasteiger partial charge on any atom is 0.309 e. The van der Waals surface area contributed by atoms with Crippen molar-refractivity contribution in [1.82, 2.24) is 0 Å². The first-order chi connectivity index (χ1) is 7.22. The van der Waals surface area contributed by atoms with E-state index in [0.29, 0.717) is 6.42 Å². The molecule has 0 aromatic heterocycles. The Balaban J connectivity index is 2.40. The molecule has 0 heterocycles. The van der Waals surface area contributed by atoms with Crippen molar-refractivity contribution in [2.24, 2.45) is 0 Å². The molecule has 3 heteroatoms. The van der Waals surface area contributed by atoms with Gasteiger partial charge in [0.05, 0.1) is 13.5 Å². The molecule has 15 heavy (non-hydrogen) atoms. The van der Waals surface area contributed by atoms with Crippen LogP contribution in [0.15, 0.2) is 36.4 Å². The Morgan fingerprint density at radius 3 is 2.93 bits per heavy atom. The molecule has 80 valence electrons. The zero-order valence-electron chi connectivity index (χ0n) is 8.64. The molecule has 1 aromatic rings. The monoisotopic (exact) mass is 206 g/mol. The standard InChI is InChI=1S/C12H14O3/c1-15-12(14)8-3-2-5-10-6-4-7-11(13)9-10/h2-4,6-7,9,13H,5,8H2,1H3/b3-2-. The van der Waals surface area contributed by atoms with Gasteiger partial charge in [0.15, 0.2) is 0 Å². The molecule has 0 aliphatic heterocycles. The van der Waals surface area contributed by atoms with Crippen LogP contribution in [0.4, 0.5) is 0 Å². The van der Waals surface area contributed by atoms with E-state index in [2.05, 4.69) is 4.74 Å². The van der Waals surface area contributed by atoms with Gasteiger partial charge in [-0.25, -0.2) is 0 Å². The van der Waals surface area contributed by atoms with Crippen LogP contribution in [0.1, 0.15) is 12.0 Å². The van der Waals surface area contributed by atoms with Gasteiger partial charge in [-0.1, -0.05) is 24.3 Å². The van der Waals surface area contributed by atoms with E-state index in [1.807, 2.05) is 12.1 Å². The van der Waals surface area contributed by atoms with Gasteiger partial charge < -0.3 is 9.84 Å². The molecule has 1 N–H and O–H groups in total.